The first-order valence-corrected chi connectivity index (χ1v) is 4.71. The molecule has 0 radical (unpaired) electrons. The summed E-state index contributed by atoms with van der Waals surface area (Å²) >= 11 is 0. The zero-order valence-electron chi connectivity index (χ0n) is 7.77. The minimum absolute atomic E-state index is 0.159. The lowest BCUT2D eigenvalue weighted by Crippen LogP contribution is -2.30. The van der Waals surface area contributed by atoms with Crippen molar-refractivity contribution in [1.29, 1.82) is 0 Å². The van der Waals surface area contributed by atoms with Gasteiger partial charge < -0.3 is 14.5 Å². The smallest absolute Gasteiger partial charge is 0.342 e. The van der Waals surface area contributed by atoms with Gasteiger partial charge >= 0.3 is 5.97 Å². The molecule has 0 unspecified atom stereocenters. The van der Waals surface area contributed by atoms with Crippen LogP contribution < -0.4 is 4.90 Å². The summed E-state index contributed by atoms with van der Waals surface area (Å²) in [6, 6.07) is 0. The predicted molar refractivity (Wildman–Crippen MR) is 49.5 cm³/mol. The van der Waals surface area contributed by atoms with Gasteiger partial charge in [0.15, 0.2) is 5.82 Å². The molecule has 1 aromatic heterocycles. The molecule has 5 heteroatoms. The molecule has 0 bridgehead atoms. The monoisotopic (exact) mass is 196 g/mol. The standard InChI is InChI=1S/C9H12N2O3/c12-9(13)7-6-14-10-8(7)11-4-2-1-3-5-11/h6H,1-5H2,(H,12,13). The van der Waals surface area contributed by atoms with E-state index < -0.39 is 5.97 Å². The third-order valence-corrected chi connectivity index (χ3v) is 2.44. The number of carboxylic acids is 1. The summed E-state index contributed by atoms with van der Waals surface area (Å²) in [6.45, 7) is 1.74. The molecule has 1 aliphatic rings. The van der Waals surface area contributed by atoms with Crippen molar-refractivity contribution >= 4 is 11.8 Å². The Kier molecular flexibility index (Phi) is 2.39. The van der Waals surface area contributed by atoms with Gasteiger partial charge in [-0.25, -0.2) is 4.79 Å². The van der Waals surface area contributed by atoms with Gasteiger partial charge in [0.2, 0.25) is 0 Å². The first-order valence-electron chi connectivity index (χ1n) is 4.71. The predicted octanol–water partition coefficient (Wildman–Crippen LogP) is 1.36. The molecule has 5 nitrogen and oxygen atoms in total. The maximum Gasteiger partial charge on any atom is 0.342 e. The highest BCUT2D eigenvalue weighted by Crippen LogP contribution is 2.22. The van der Waals surface area contributed by atoms with Crippen molar-refractivity contribution in [3.8, 4) is 0 Å². The van der Waals surface area contributed by atoms with Crippen LogP contribution in [0.1, 0.15) is 29.6 Å². The third kappa shape index (κ3) is 1.57. The van der Waals surface area contributed by atoms with E-state index in [1.165, 1.54) is 12.7 Å². The van der Waals surface area contributed by atoms with Crippen LogP contribution in [0.4, 0.5) is 5.82 Å². The third-order valence-electron chi connectivity index (χ3n) is 2.44. The zero-order chi connectivity index (χ0) is 9.97. The first-order chi connectivity index (χ1) is 6.79. The van der Waals surface area contributed by atoms with E-state index in [9.17, 15) is 4.79 Å². The fourth-order valence-corrected chi connectivity index (χ4v) is 1.71. The maximum absolute atomic E-state index is 10.8. The van der Waals surface area contributed by atoms with Crippen LogP contribution in [0.3, 0.4) is 0 Å². The number of piperidine rings is 1. The molecule has 1 N–H and O–H groups in total. The van der Waals surface area contributed by atoms with Crippen LogP contribution in [0, 0.1) is 0 Å². The highest BCUT2D eigenvalue weighted by Gasteiger charge is 2.21. The fourth-order valence-electron chi connectivity index (χ4n) is 1.71. The van der Waals surface area contributed by atoms with Gasteiger partial charge in [-0.3, -0.25) is 0 Å². The molecule has 2 rings (SSSR count). The van der Waals surface area contributed by atoms with Crippen molar-refractivity contribution in [2.24, 2.45) is 0 Å². The molecule has 0 spiro atoms. The highest BCUT2D eigenvalue weighted by atomic mass is 16.5. The van der Waals surface area contributed by atoms with Crippen molar-refractivity contribution in [1.82, 2.24) is 5.16 Å². The van der Waals surface area contributed by atoms with Gasteiger partial charge in [-0.2, -0.15) is 0 Å². The first kappa shape index (κ1) is 9.05. The van der Waals surface area contributed by atoms with Crippen LogP contribution in [-0.2, 0) is 0 Å². The number of hydrogen-bond donors (Lipinski definition) is 1. The summed E-state index contributed by atoms with van der Waals surface area (Å²) < 4.78 is 4.69. The van der Waals surface area contributed by atoms with Crippen molar-refractivity contribution < 1.29 is 14.4 Å². The molecule has 1 saturated heterocycles. The molecular formula is C9H12N2O3. The number of carbonyl (C=O) groups is 1. The summed E-state index contributed by atoms with van der Waals surface area (Å²) in [6.07, 6.45) is 4.57. The molecule has 0 amide bonds. The molecule has 14 heavy (non-hydrogen) atoms. The van der Waals surface area contributed by atoms with E-state index >= 15 is 0 Å². The topological polar surface area (TPSA) is 66.6 Å². The van der Waals surface area contributed by atoms with Gasteiger partial charge in [0.05, 0.1) is 0 Å². The molecule has 0 aliphatic carbocycles. The zero-order valence-corrected chi connectivity index (χ0v) is 7.77. The fraction of sp³-hybridized carbons (Fsp3) is 0.556. The molecule has 0 aromatic carbocycles. The van der Waals surface area contributed by atoms with Crippen LogP contribution in [0.15, 0.2) is 10.8 Å². The lowest BCUT2D eigenvalue weighted by atomic mass is 10.1. The van der Waals surface area contributed by atoms with E-state index in [0.29, 0.717) is 5.82 Å². The number of hydrogen-bond acceptors (Lipinski definition) is 4. The average Bonchev–Trinajstić information content (AvgIpc) is 2.67. The molecule has 76 valence electrons. The van der Waals surface area contributed by atoms with E-state index in [1.54, 1.807) is 0 Å². The Morgan fingerprint density at radius 3 is 2.79 bits per heavy atom. The average molecular weight is 196 g/mol. The van der Waals surface area contributed by atoms with Gasteiger partial charge in [0, 0.05) is 13.1 Å². The van der Waals surface area contributed by atoms with Crippen molar-refractivity contribution in [2.75, 3.05) is 18.0 Å². The Bertz CT molecular complexity index is 329. The number of carboxylic acid groups (broad SMARTS) is 1. The molecule has 0 saturated carbocycles. The molecule has 2 heterocycles. The van der Waals surface area contributed by atoms with Gasteiger partial charge in [-0.05, 0) is 19.3 Å². The Morgan fingerprint density at radius 1 is 1.43 bits per heavy atom. The summed E-state index contributed by atoms with van der Waals surface area (Å²) in [5, 5.41) is 12.6. The molecule has 1 fully saturated rings. The minimum Gasteiger partial charge on any atom is -0.477 e. The Hall–Kier alpha value is -1.52. The van der Waals surface area contributed by atoms with Crippen molar-refractivity contribution in [3.05, 3.63) is 11.8 Å². The van der Waals surface area contributed by atoms with E-state index in [2.05, 4.69) is 9.68 Å². The van der Waals surface area contributed by atoms with Crippen LogP contribution in [0.25, 0.3) is 0 Å². The van der Waals surface area contributed by atoms with E-state index in [-0.39, 0.29) is 5.56 Å². The SMILES string of the molecule is O=C(O)c1conc1N1CCCCC1. The van der Waals surface area contributed by atoms with Crippen LogP contribution in [0.5, 0.6) is 0 Å². The Labute approximate surface area is 81.3 Å². The van der Waals surface area contributed by atoms with Gasteiger partial charge in [0.25, 0.3) is 0 Å². The Morgan fingerprint density at radius 2 is 2.14 bits per heavy atom. The summed E-state index contributed by atoms with van der Waals surface area (Å²) in [4.78, 5) is 12.8. The second kappa shape index (κ2) is 3.69. The van der Waals surface area contributed by atoms with E-state index in [1.807, 2.05) is 4.90 Å². The molecule has 0 atom stereocenters. The minimum atomic E-state index is -0.980. The van der Waals surface area contributed by atoms with Crippen molar-refractivity contribution in [3.63, 3.8) is 0 Å². The second-order valence-corrected chi connectivity index (χ2v) is 3.40. The van der Waals surface area contributed by atoms with E-state index in [0.717, 1.165) is 25.9 Å². The van der Waals surface area contributed by atoms with Crippen LogP contribution in [0.2, 0.25) is 0 Å². The summed E-state index contributed by atoms with van der Waals surface area (Å²) in [7, 11) is 0. The lowest BCUT2D eigenvalue weighted by molar-refractivity contribution is 0.0696. The largest absolute Gasteiger partial charge is 0.477 e. The van der Waals surface area contributed by atoms with Gasteiger partial charge in [0.1, 0.15) is 11.8 Å². The molecular weight excluding hydrogens is 184 g/mol. The molecule has 1 aromatic rings. The lowest BCUT2D eigenvalue weighted by Gasteiger charge is -2.26. The van der Waals surface area contributed by atoms with E-state index in [4.69, 9.17) is 5.11 Å². The Balaban J connectivity index is 2.21. The maximum atomic E-state index is 10.8. The quantitative estimate of drug-likeness (QED) is 0.773. The number of aromatic carboxylic acids is 1. The highest BCUT2D eigenvalue weighted by molar-refractivity contribution is 5.92. The van der Waals surface area contributed by atoms with Crippen LogP contribution in [-0.4, -0.2) is 29.3 Å². The summed E-state index contributed by atoms with van der Waals surface area (Å²) in [5.41, 5.74) is 0.159. The van der Waals surface area contributed by atoms with Gasteiger partial charge in [-0.15, -0.1) is 0 Å². The normalized spacial score (nSPS) is 17.0. The molecule has 1 aliphatic heterocycles. The van der Waals surface area contributed by atoms with Crippen LogP contribution >= 0.6 is 0 Å². The number of anilines is 1. The number of aromatic nitrogens is 1. The number of rotatable bonds is 2. The second-order valence-electron chi connectivity index (χ2n) is 3.40. The summed E-state index contributed by atoms with van der Waals surface area (Å²) in [5.74, 6) is -0.510. The van der Waals surface area contributed by atoms with Gasteiger partial charge in [-0.1, -0.05) is 5.16 Å². The van der Waals surface area contributed by atoms with Crippen molar-refractivity contribution in [2.45, 2.75) is 19.3 Å². The number of nitrogens with zero attached hydrogens (tertiary/aromatic N) is 2.